The molecule has 164 valence electrons. The van der Waals surface area contributed by atoms with Crippen molar-refractivity contribution in [2.45, 2.75) is 60.4 Å². The van der Waals surface area contributed by atoms with Crippen molar-refractivity contribution in [1.82, 2.24) is 4.98 Å². The Bertz CT molecular complexity index is 1060. The summed E-state index contributed by atoms with van der Waals surface area (Å²) in [5.41, 5.74) is 6.72. The molecule has 0 amide bonds. The molecule has 3 aromatic rings. The average Bonchev–Trinajstić information content (AvgIpc) is 2.70. The highest BCUT2D eigenvalue weighted by atomic mass is 35.5. The van der Waals surface area contributed by atoms with Crippen LogP contribution in [0.3, 0.4) is 0 Å². The van der Waals surface area contributed by atoms with Crippen molar-refractivity contribution in [3.8, 4) is 22.3 Å². The maximum atomic E-state index is 14.7. The zero-order chi connectivity index (χ0) is 22.7. The van der Waals surface area contributed by atoms with Crippen molar-refractivity contribution >= 4 is 17.4 Å². The highest BCUT2D eigenvalue weighted by molar-refractivity contribution is 6.34. The fourth-order valence-corrected chi connectivity index (χ4v) is 4.17. The topological polar surface area (TPSA) is 24.9 Å². The van der Waals surface area contributed by atoms with E-state index < -0.39 is 0 Å². The van der Waals surface area contributed by atoms with E-state index >= 15 is 0 Å². The molecule has 2 aromatic carbocycles. The van der Waals surface area contributed by atoms with Crippen molar-refractivity contribution in [1.29, 1.82) is 0 Å². The van der Waals surface area contributed by atoms with Gasteiger partial charge in [0.1, 0.15) is 11.6 Å². The summed E-state index contributed by atoms with van der Waals surface area (Å²) in [5.74, 6) is 1.25. The predicted molar refractivity (Wildman–Crippen MR) is 131 cm³/mol. The van der Waals surface area contributed by atoms with Gasteiger partial charge in [-0.25, -0.2) is 9.37 Å². The molecule has 0 aliphatic heterocycles. The highest BCUT2D eigenvalue weighted by Gasteiger charge is 2.16. The number of aromatic nitrogens is 1. The lowest BCUT2D eigenvalue weighted by atomic mass is 9.90. The van der Waals surface area contributed by atoms with Gasteiger partial charge >= 0.3 is 0 Å². The largest absolute Gasteiger partial charge is 0.368 e. The first-order valence-electron chi connectivity index (χ1n) is 11.0. The van der Waals surface area contributed by atoms with Crippen LogP contribution in [-0.2, 0) is 6.42 Å². The fourth-order valence-electron chi connectivity index (χ4n) is 3.81. The minimum absolute atomic E-state index is 0.146. The Balaban J connectivity index is 1.96. The summed E-state index contributed by atoms with van der Waals surface area (Å²) in [6.07, 6.45) is 3.59. The summed E-state index contributed by atoms with van der Waals surface area (Å²) in [6, 6.07) is 11.8. The van der Waals surface area contributed by atoms with Crippen molar-refractivity contribution in [3.05, 3.63) is 70.1 Å². The van der Waals surface area contributed by atoms with Gasteiger partial charge < -0.3 is 5.32 Å². The van der Waals surface area contributed by atoms with Crippen LogP contribution < -0.4 is 5.32 Å². The molecule has 0 saturated carbocycles. The quantitative estimate of drug-likeness (QED) is 0.401. The van der Waals surface area contributed by atoms with Crippen molar-refractivity contribution in [3.63, 3.8) is 0 Å². The Morgan fingerprint density at radius 2 is 1.68 bits per heavy atom. The third-order valence-electron chi connectivity index (χ3n) is 5.70. The van der Waals surface area contributed by atoms with Crippen LogP contribution in [0.1, 0.15) is 50.8 Å². The van der Waals surface area contributed by atoms with E-state index in [9.17, 15) is 4.39 Å². The molecule has 0 saturated heterocycles. The Morgan fingerprint density at radius 1 is 0.968 bits per heavy atom. The minimum Gasteiger partial charge on any atom is -0.368 e. The van der Waals surface area contributed by atoms with Crippen LogP contribution in [0.4, 0.5) is 10.2 Å². The van der Waals surface area contributed by atoms with Gasteiger partial charge in [-0.3, -0.25) is 0 Å². The molecule has 0 fully saturated rings. The van der Waals surface area contributed by atoms with Gasteiger partial charge in [0.2, 0.25) is 0 Å². The predicted octanol–water partition coefficient (Wildman–Crippen LogP) is 8.23. The van der Waals surface area contributed by atoms with E-state index in [4.69, 9.17) is 11.6 Å². The molecule has 1 N–H and O–H groups in total. The smallest absolute Gasteiger partial charge is 0.127 e. The average molecular weight is 439 g/mol. The summed E-state index contributed by atoms with van der Waals surface area (Å²) in [6.45, 7) is 12.6. The lowest BCUT2D eigenvalue weighted by Gasteiger charge is -2.17. The Morgan fingerprint density at radius 3 is 2.26 bits per heavy atom. The van der Waals surface area contributed by atoms with Gasteiger partial charge in [0, 0.05) is 28.4 Å². The SMILES string of the molecule is Cc1c(-c2ccc(CCC(C)C)c(F)c2)cc(Cl)c(-c2ccc(NC(C)C)nc2)c1C. The number of benzene rings is 2. The lowest BCUT2D eigenvalue weighted by Crippen LogP contribution is -2.10. The van der Waals surface area contributed by atoms with Crippen molar-refractivity contribution < 1.29 is 4.39 Å². The van der Waals surface area contributed by atoms with Gasteiger partial charge in [-0.2, -0.15) is 0 Å². The number of nitrogens with zero attached hydrogens (tertiary/aromatic N) is 1. The maximum absolute atomic E-state index is 14.7. The van der Waals surface area contributed by atoms with Gasteiger partial charge in [0.15, 0.2) is 0 Å². The van der Waals surface area contributed by atoms with E-state index in [-0.39, 0.29) is 5.82 Å². The summed E-state index contributed by atoms with van der Waals surface area (Å²) < 4.78 is 14.7. The normalized spacial score (nSPS) is 11.4. The standard InChI is InChI=1S/C27H32ClFN2/c1-16(2)7-8-20-9-10-21(13-25(20)29)23-14-24(28)27(19(6)18(23)5)22-11-12-26(30-15-22)31-17(3)4/h9-17H,7-8H2,1-6H3,(H,30,31). The molecule has 1 heterocycles. The number of aryl methyl sites for hydroxylation is 1. The molecule has 0 atom stereocenters. The molecular weight excluding hydrogens is 407 g/mol. The van der Waals surface area contributed by atoms with Crippen LogP contribution >= 0.6 is 11.6 Å². The molecule has 0 unspecified atom stereocenters. The second-order valence-corrected chi connectivity index (χ2v) is 9.41. The molecule has 2 nitrogen and oxygen atoms in total. The molecule has 1 aromatic heterocycles. The van der Waals surface area contributed by atoms with Crippen molar-refractivity contribution in [2.24, 2.45) is 5.92 Å². The van der Waals surface area contributed by atoms with E-state index in [2.05, 4.69) is 51.8 Å². The molecule has 0 aliphatic rings. The van der Waals surface area contributed by atoms with Crippen molar-refractivity contribution in [2.75, 3.05) is 5.32 Å². The van der Waals surface area contributed by atoms with Crippen LogP contribution in [0.2, 0.25) is 5.02 Å². The molecule has 0 radical (unpaired) electrons. The molecular formula is C27H32ClFN2. The van der Waals surface area contributed by atoms with Crippen LogP contribution in [0.25, 0.3) is 22.3 Å². The Labute approximate surface area is 190 Å². The Kier molecular flexibility index (Phi) is 7.38. The first-order chi connectivity index (χ1) is 14.7. The summed E-state index contributed by atoms with van der Waals surface area (Å²) in [7, 11) is 0. The summed E-state index contributed by atoms with van der Waals surface area (Å²) in [4.78, 5) is 4.52. The highest BCUT2D eigenvalue weighted by Crippen LogP contribution is 2.39. The van der Waals surface area contributed by atoms with Gasteiger partial charge in [0.05, 0.1) is 0 Å². The van der Waals surface area contributed by atoms with E-state index in [1.54, 1.807) is 6.07 Å². The van der Waals surface area contributed by atoms with Crippen LogP contribution in [0, 0.1) is 25.6 Å². The third-order valence-corrected chi connectivity index (χ3v) is 5.99. The first-order valence-corrected chi connectivity index (χ1v) is 11.4. The molecule has 3 rings (SSSR count). The molecule has 31 heavy (non-hydrogen) atoms. The zero-order valence-corrected chi connectivity index (χ0v) is 20.1. The van der Waals surface area contributed by atoms with E-state index in [1.165, 1.54) is 0 Å². The second kappa shape index (κ2) is 9.82. The van der Waals surface area contributed by atoms with Gasteiger partial charge in [-0.1, -0.05) is 37.6 Å². The number of pyridine rings is 1. The molecule has 0 spiro atoms. The Hall–Kier alpha value is -2.39. The number of anilines is 1. The van der Waals surface area contributed by atoms with Gasteiger partial charge in [-0.15, -0.1) is 0 Å². The van der Waals surface area contributed by atoms with Crippen LogP contribution in [0.5, 0.6) is 0 Å². The molecule has 4 heteroatoms. The van der Waals surface area contributed by atoms with E-state index in [1.807, 2.05) is 36.5 Å². The fraction of sp³-hybridized carbons (Fsp3) is 0.370. The molecule has 0 aliphatic carbocycles. The van der Waals surface area contributed by atoms with Crippen LogP contribution in [-0.4, -0.2) is 11.0 Å². The first kappa shape index (κ1) is 23.3. The molecule has 0 bridgehead atoms. The van der Waals surface area contributed by atoms with Gasteiger partial charge in [0.25, 0.3) is 0 Å². The number of nitrogens with one attached hydrogen (secondary N) is 1. The maximum Gasteiger partial charge on any atom is 0.127 e. The number of hydrogen-bond donors (Lipinski definition) is 1. The third kappa shape index (κ3) is 5.46. The van der Waals surface area contributed by atoms with E-state index in [0.717, 1.165) is 57.6 Å². The summed E-state index contributed by atoms with van der Waals surface area (Å²) >= 11 is 6.73. The zero-order valence-electron chi connectivity index (χ0n) is 19.3. The second-order valence-electron chi connectivity index (χ2n) is 9.00. The number of hydrogen-bond acceptors (Lipinski definition) is 2. The monoisotopic (exact) mass is 438 g/mol. The minimum atomic E-state index is -0.146. The lowest BCUT2D eigenvalue weighted by molar-refractivity contribution is 0.558. The van der Waals surface area contributed by atoms with Gasteiger partial charge in [-0.05, 0) is 98.5 Å². The summed E-state index contributed by atoms with van der Waals surface area (Å²) in [5, 5.41) is 3.95. The number of rotatable bonds is 7. The van der Waals surface area contributed by atoms with Crippen LogP contribution in [0.15, 0.2) is 42.6 Å². The van der Waals surface area contributed by atoms with E-state index in [0.29, 0.717) is 17.0 Å². The number of halogens is 2.